The minimum atomic E-state index is -3.70. The van der Waals surface area contributed by atoms with Crippen LogP contribution in [0.3, 0.4) is 0 Å². The molecule has 10 heteroatoms. The Kier molecular flexibility index (Phi) is 4.86. The molecule has 1 aliphatic rings. The first-order valence-electron chi connectivity index (χ1n) is 8.38. The van der Waals surface area contributed by atoms with Crippen LogP contribution >= 0.6 is 23.2 Å². The van der Waals surface area contributed by atoms with Gasteiger partial charge in [-0.25, -0.2) is 17.8 Å². The van der Waals surface area contributed by atoms with Gasteiger partial charge in [-0.05, 0) is 43.2 Å². The molecule has 2 heterocycles. The summed E-state index contributed by atoms with van der Waals surface area (Å²) < 4.78 is 27.7. The van der Waals surface area contributed by atoms with Crippen molar-refractivity contribution < 1.29 is 13.2 Å². The van der Waals surface area contributed by atoms with Gasteiger partial charge in [0.15, 0.2) is 5.69 Å². The average molecular weight is 437 g/mol. The highest BCUT2D eigenvalue weighted by molar-refractivity contribution is 7.91. The number of benzene rings is 1. The fourth-order valence-electron chi connectivity index (χ4n) is 2.69. The Morgan fingerprint density at radius 3 is 2.50 bits per heavy atom. The normalized spacial score (nSPS) is 14.1. The fourth-order valence-corrected chi connectivity index (χ4v) is 4.41. The predicted molar refractivity (Wildman–Crippen MR) is 106 cm³/mol. The molecular weight excluding hydrogens is 423 g/mol. The lowest BCUT2D eigenvalue weighted by atomic mass is 10.2. The molecule has 1 amide bonds. The molecule has 0 bridgehead atoms. The van der Waals surface area contributed by atoms with E-state index in [1.165, 1.54) is 10.7 Å². The van der Waals surface area contributed by atoms with Crippen molar-refractivity contribution in [2.24, 2.45) is 0 Å². The molecule has 0 radical (unpaired) electrons. The number of hydrogen-bond acceptors (Lipinski definition) is 5. The van der Waals surface area contributed by atoms with Gasteiger partial charge in [-0.3, -0.25) is 9.78 Å². The van der Waals surface area contributed by atoms with E-state index in [0.29, 0.717) is 40.0 Å². The second kappa shape index (κ2) is 7.20. The Morgan fingerprint density at radius 2 is 1.82 bits per heavy atom. The SMILES string of the molecule is O=C(NS(=O)(=O)C1CC1)c1cc(-c2ncccc2Cl)n(-c2ccccc2Cl)n1. The number of hydrogen-bond donors (Lipinski definition) is 1. The number of sulfonamides is 1. The number of para-hydroxylation sites is 1. The lowest BCUT2D eigenvalue weighted by Crippen LogP contribution is -2.33. The van der Waals surface area contributed by atoms with Gasteiger partial charge in [0, 0.05) is 6.20 Å². The highest BCUT2D eigenvalue weighted by Crippen LogP contribution is 2.31. The number of carbonyl (C=O) groups excluding carboxylic acids is 1. The molecule has 144 valence electrons. The number of nitrogens with zero attached hydrogens (tertiary/aromatic N) is 3. The number of halogens is 2. The van der Waals surface area contributed by atoms with Gasteiger partial charge in [0.2, 0.25) is 10.0 Å². The van der Waals surface area contributed by atoms with Crippen molar-refractivity contribution in [1.82, 2.24) is 19.5 Å². The Hall–Kier alpha value is -2.42. The molecule has 4 rings (SSSR count). The van der Waals surface area contributed by atoms with E-state index >= 15 is 0 Å². The quantitative estimate of drug-likeness (QED) is 0.660. The summed E-state index contributed by atoms with van der Waals surface area (Å²) in [6, 6.07) is 11.7. The van der Waals surface area contributed by atoms with Gasteiger partial charge >= 0.3 is 0 Å². The zero-order chi connectivity index (χ0) is 19.9. The molecule has 28 heavy (non-hydrogen) atoms. The van der Waals surface area contributed by atoms with Crippen LogP contribution in [-0.4, -0.2) is 34.3 Å². The van der Waals surface area contributed by atoms with Crippen molar-refractivity contribution in [1.29, 1.82) is 0 Å². The van der Waals surface area contributed by atoms with Crippen LogP contribution in [0, 0.1) is 0 Å². The molecule has 0 aliphatic heterocycles. The van der Waals surface area contributed by atoms with Crippen molar-refractivity contribution in [2.75, 3.05) is 0 Å². The van der Waals surface area contributed by atoms with Gasteiger partial charge in [-0.2, -0.15) is 5.10 Å². The van der Waals surface area contributed by atoms with E-state index in [1.807, 2.05) is 0 Å². The van der Waals surface area contributed by atoms with Crippen LogP contribution in [-0.2, 0) is 10.0 Å². The summed E-state index contributed by atoms with van der Waals surface area (Å²) in [5, 5.41) is 4.51. The summed E-state index contributed by atoms with van der Waals surface area (Å²) in [5.74, 6) is -0.814. The predicted octanol–water partition coefficient (Wildman–Crippen LogP) is 3.46. The van der Waals surface area contributed by atoms with E-state index in [2.05, 4.69) is 14.8 Å². The number of carbonyl (C=O) groups is 1. The summed E-state index contributed by atoms with van der Waals surface area (Å²) >= 11 is 12.6. The molecule has 0 atom stereocenters. The summed E-state index contributed by atoms with van der Waals surface area (Å²) in [6.45, 7) is 0. The van der Waals surface area contributed by atoms with E-state index in [0.717, 1.165) is 0 Å². The largest absolute Gasteiger partial charge is 0.285 e. The standard InChI is InChI=1S/C18H14Cl2N4O3S/c19-12-4-1-2-6-15(12)24-16(17-13(20)5-3-9-21-17)10-14(22-24)18(25)23-28(26,27)11-7-8-11/h1-6,9-11H,7-8H2,(H,23,25). The van der Waals surface area contributed by atoms with E-state index < -0.39 is 21.2 Å². The highest BCUT2D eigenvalue weighted by atomic mass is 35.5. The van der Waals surface area contributed by atoms with Crippen LogP contribution in [0.25, 0.3) is 17.1 Å². The van der Waals surface area contributed by atoms with Crippen molar-refractivity contribution in [3.8, 4) is 17.1 Å². The van der Waals surface area contributed by atoms with Crippen LogP contribution in [0.2, 0.25) is 10.0 Å². The lowest BCUT2D eigenvalue weighted by molar-refractivity contribution is 0.0976. The summed E-state index contributed by atoms with van der Waals surface area (Å²) in [7, 11) is -3.70. The molecule has 2 aromatic heterocycles. The first kappa shape index (κ1) is 18.9. The maximum atomic E-state index is 12.5. The maximum absolute atomic E-state index is 12.5. The zero-order valence-corrected chi connectivity index (χ0v) is 16.7. The smallest absolute Gasteiger partial charge is 0.266 e. The third-order valence-electron chi connectivity index (χ3n) is 4.22. The lowest BCUT2D eigenvalue weighted by Gasteiger charge is -2.09. The Balaban J connectivity index is 1.82. The van der Waals surface area contributed by atoms with Gasteiger partial charge < -0.3 is 0 Å². The molecule has 0 spiro atoms. The second-order valence-corrected chi connectivity index (χ2v) is 9.06. The Bertz CT molecular complexity index is 1110. The third kappa shape index (κ3) is 3.63. The number of amides is 1. The van der Waals surface area contributed by atoms with Gasteiger partial charge in [-0.1, -0.05) is 35.3 Å². The highest BCUT2D eigenvalue weighted by Gasteiger charge is 2.37. The van der Waals surface area contributed by atoms with Crippen LogP contribution in [0.15, 0.2) is 48.7 Å². The summed E-state index contributed by atoms with van der Waals surface area (Å²) in [4.78, 5) is 16.8. The second-order valence-electron chi connectivity index (χ2n) is 6.29. The number of aromatic nitrogens is 3. The Labute approximate surface area is 171 Å². The first-order chi connectivity index (χ1) is 13.4. The zero-order valence-electron chi connectivity index (χ0n) is 14.3. The van der Waals surface area contributed by atoms with Gasteiger partial charge in [-0.15, -0.1) is 0 Å². The van der Waals surface area contributed by atoms with Crippen LogP contribution < -0.4 is 4.72 Å². The summed E-state index contributed by atoms with van der Waals surface area (Å²) in [5.41, 5.74) is 1.22. The number of nitrogens with one attached hydrogen (secondary N) is 1. The molecule has 1 saturated carbocycles. The van der Waals surface area contributed by atoms with Gasteiger partial charge in [0.25, 0.3) is 5.91 Å². The third-order valence-corrected chi connectivity index (χ3v) is 6.67. The number of rotatable bonds is 5. The van der Waals surface area contributed by atoms with Crippen LogP contribution in [0.4, 0.5) is 0 Å². The molecular formula is C18H14Cl2N4O3S. The van der Waals surface area contributed by atoms with Crippen molar-refractivity contribution in [3.05, 3.63) is 64.4 Å². The molecule has 1 fully saturated rings. The molecule has 3 aromatic rings. The number of pyridine rings is 1. The minimum absolute atomic E-state index is 0.0825. The molecule has 0 unspecified atom stereocenters. The monoisotopic (exact) mass is 436 g/mol. The van der Waals surface area contributed by atoms with Gasteiger partial charge in [0.1, 0.15) is 5.69 Å². The van der Waals surface area contributed by atoms with Crippen molar-refractivity contribution in [3.63, 3.8) is 0 Å². The van der Waals surface area contributed by atoms with Gasteiger partial charge in [0.05, 0.1) is 26.7 Å². The van der Waals surface area contributed by atoms with E-state index in [1.54, 1.807) is 42.6 Å². The Morgan fingerprint density at radius 1 is 1.11 bits per heavy atom. The topological polar surface area (TPSA) is 94.0 Å². The van der Waals surface area contributed by atoms with Crippen molar-refractivity contribution in [2.45, 2.75) is 18.1 Å². The van der Waals surface area contributed by atoms with Crippen molar-refractivity contribution >= 4 is 39.1 Å². The molecule has 1 aliphatic carbocycles. The first-order valence-corrected chi connectivity index (χ1v) is 10.7. The molecule has 7 nitrogen and oxygen atoms in total. The molecule has 1 aromatic carbocycles. The average Bonchev–Trinajstić information content (AvgIpc) is 3.43. The minimum Gasteiger partial charge on any atom is -0.266 e. The van der Waals surface area contributed by atoms with Crippen LogP contribution in [0.5, 0.6) is 0 Å². The molecule has 0 saturated heterocycles. The van der Waals surface area contributed by atoms with Crippen LogP contribution in [0.1, 0.15) is 23.3 Å². The summed E-state index contributed by atoms with van der Waals surface area (Å²) in [6.07, 6.45) is 2.65. The van der Waals surface area contributed by atoms with E-state index in [-0.39, 0.29) is 5.69 Å². The fraction of sp³-hybridized carbons (Fsp3) is 0.167. The van der Waals surface area contributed by atoms with E-state index in [4.69, 9.17) is 23.2 Å². The molecule has 1 N–H and O–H groups in total. The van der Waals surface area contributed by atoms with E-state index in [9.17, 15) is 13.2 Å². The maximum Gasteiger partial charge on any atom is 0.285 e.